The minimum atomic E-state index is 1.01. The van der Waals surface area contributed by atoms with Crippen molar-refractivity contribution in [3.05, 3.63) is 164 Å². The number of para-hydroxylation sites is 2. The number of fused-ring (bicyclic) bond motifs is 2. The van der Waals surface area contributed by atoms with E-state index in [1.807, 2.05) is 24.8 Å². The summed E-state index contributed by atoms with van der Waals surface area (Å²) < 4.78 is 0. The maximum absolute atomic E-state index is 5.02. The first-order valence-electron chi connectivity index (χ1n) is 16.2. The quantitative estimate of drug-likeness (QED) is 0.147. The van der Waals surface area contributed by atoms with Crippen LogP contribution in [0.2, 0.25) is 0 Å². The van der Waals surface area contributed by atoms with E-state index in [0.29, 0.717) is 0 Å². The number of hydrogen-bond acceptors (Lipinski definition) is 3. The van der Waals surface area contributed by atoms with Gasteiger partial charge in [0.2, 0.25) is 0 Å². The molecule has 7 aromatic carbocycles. The predicted molar refractivity (Wildman–Crippen MR) is 200 cm³/mol. The molecule has 0 amide bonds. The summed E-state index contributed by atoms with van der Waals surface area (Å²) in [5, 5.41) is 9.93. The predicted octanol–water partition coefficient (Wildman–Crippen LogP) is 11.7. The number of pyridine rings is 3. The van der Waals surface area contributed by atoms with Gasteiger partial charge in [0.05, 0.1) is 11.0 Å². The molecule has 222 valence electrons. The van der Waals surface area contributed by atoms with Crippen LogP contribution in [-0.4, -0.2) is 15.0 Å². The van der Waals surface area contributed by atoms with Crippen LogP contribution < -0.4 is 0 Å². The minimum absolute atomic E-state index is 1.01. The standard InChI is InChI=1S/C45H27N3/c1-3-7-41-39(5-1)45(40-6-2-4-8-42(40)48-41)38-16-12-31-10-14-36-35(13-9-30-11-15-37(38)44(31)43(30)36)34-26-32(28-17-21-46-22-18-28)25-33(27-34)29-19-23-47-24-20-29/h1-27H. The van der Waals surface area contributed by atoms with Gasteiger partial charge in [0.1, 0.15) is 0 Å². The number of benzene rings is 7. The third-order valence-electron chi connectivity index (χ3n) is 9.79. The van der Waals surface area contributed by atoms with Crippen molar-refractivity contribution >= 4 is 54.1 Å². The second kappa shape index (κ2) is 10.5. The van der Waals surface area contributed by atoms with Gasteiger partial charge in [-0.05, 0) is 126 Å². The van der Waals surface area contributed by atoms with E-state index in [1.54, 1.807) is 0 Å². The van der Waals surface area contributed by atoms with Crippen LogP contribution in [0.15, 0.2) is 164 Å². The molecule has 0 fully saturated rings. The Kier molecular flexibility index (Phi) is 5.87. The lowest BCUT2D eigenvalue weighted by Crippen LogP contribution is -1.92. The average Bonchev–Trinajstić information content (AvgIpc) is 3.16. The number of aromatic nitrogens is 3. The molecule has 3 aromatic heterocycles. The van der Waals surface area contributed by atoms with E-state index in [-0.39, 0.29) is 0 Å². The van der Waals surface area contributed by atoms with E-state index >= 15 is 0 Å². The van der Waals surface area contributed by atoms with E-state index in [9.17, 15) is 0 Å². The van der Waals surface area contributed by atoms with Crippen molar-refractivity contribution in [1.29, 1.82) is 0 Å². The molecule has 0 aliphatic rings. The fraction of sp³-hybridized carbons (Fsp3) is 0. The minimum Gasteiger partial charge on any atom is -0.265 e. The molecule has 0 bridgehead atoms. The molecule has 0 unspecified atom stereocenters. The number of rotatable bonds is 4. The number of hydrogen-bond donors (Lipinski definition) is 0. The van der Waals surface area contributed by atoms with Gasteiger partial charge in [-0.3, -0.25) is 9.97 Å². The van der Waals surface area contributed by atoms with Crippen molar-refractivity contribution < 1.29 is 0 Å². The molecular formula is C45H27N3. The Hall–Kier alpha value is -6.45. The summed E-state index contributed by atoms with van der Waals surface area (Å²) in [7, 11) is 0. The first-order valence-corrected chi connectivity index (χ1v) is 16.2. The highest BCUT2D eigenvalue weighted by molar-refractivity contribution is 6.29. The topological polar surface area (TPSA) is 38.7 Å². The van der Waals surface area contributed by atoms with Gasteiger partial charge in [0.15, 0.2) is 0 Å². The Bertz CT molecular complexity index is 2710. The van der Waals surface area contributed by atoms with Crippen LogP contribution in [0.5, 0.6) is 0 Å². The Morgan fingerprint density at radius 1 is 0.333 bits per heavy atom. The monoisotopic (exact) mass is 609 g/mol. The van der Waals surface area contributed by atoms with Crippen LogP contribution in [0.1, 0.15) is 0 Å². The molecule has 0 spiro atoms. The van der Waals surface area contributed by atoms with Gasteiger partial charge in [-0.2, -0.15) is 0 Å². The molecule has 0 saturated heterocycles. The van der Waals surface area contributed by atoms with Crippen LogP contribution >= 0.6 is 0 Å². The van der Waals surface area contributed by atoms with Gasteiger partial charge in [0, 0.05) is 41.1 Å². The molecule has 3 heteroatoms. The molecule has 48 heavy (non-hydrogen) atoms. The van der Waals surface area contributed by atoms with Gasteiger partial charge >= 0.3 is 0 Å². The van der Waals surface area contributed by atoms with Gasteiger partial charge < -0.3 is 0 Å². The third-order valence-corrected chi connectivity index (χ3v) is 9.79. The molecule has 0 N–H and O–H groups in total. The van der Waals surface area contributed by atoms with Crippen molar-refractivity contribution in [1.82, 2.24) is 15.0 Å². The zero-order valence-electron chi connectivity index (χ0n) is 25.9. The normalized spacial score (nSPS) is 11.8. The lowest BCUT2D eigenvalue weighted by atomic mass is 9.85. The van der Waals surface area contributed by atoms with Gasteiger partial charge in [0.25, 0.3) is 0 Å². The van der Waals surface area contributed by atoms with Crippen molar-refractivity contribution in [3.8, 4) is 44.5 Å². The molecule has 0 atom stereocenters. The molecule has 0 saturated carbocycles. The summed E-state index contributed by atoms with van der Waals surface area (Å²) in [4.78, 5) is 13.6. The summed E-state index contributed by atoms with van der Waals surface area (Å²) in [5.41, 5.74) is 11.5. The fourth-order valence-corrected chi connectivity index (χ4v) is 7.61. The fourth-order valence-electron chi connectivity index (χ4n) is 7.61. The highest BCUT2D eigenvalue weighted by atomic mass is 14.7. The Morgan fingerprint density at radius 2 is 0.792 bits per heavy atom. The maximum Gasteiger partial charge on any atom is 0.0715 e. The van der Waals surface area contributed by atoms with Gasteiger partial charge in [-0.25, -0.2) is 4.98 Å². The van der Waals surface area contributed by atoms with E-state index < -0.39 is 0 Å². The van der Waals surface area contributed by atoms with Crippen LogP contribution in [0, 0.1) is 0 Å². The zero-order chi connectivity index (χ0) is 31.6. The maximum atomic E-state index is 5.02. The second-order valence-corrected chi connectivity index (χ2v) is 12.4. The average molecular weight is 610 g/mol. The van der Waals surface area contributed by atoms with Gasteiger partial charge in [-0.1, -0.05) is 84.9 Å². The Morgan fingerprint density at radius 3 is 1.35 bits per heavy atom. The largest absolute Gasteiger partial charge is 0.265 e. The summed E-state index contributed by atoms with van der Waals surface area (Å²) in [6.07, 6.45) is 7.43. The molecule has 3 nitrogen and oxygen atoms in total. The summed E-state index contributed by atoms with van der Waals surface area (Å²) in [6, 6.07) is 50.6. The lowest BCUT2D eigenvalue weighted by Gasteiger charge is -2.19. The summed E-state index contributed by atoms with van der Waals surface area (Å²) >= 11 is 0. The second-order valence-electron chi connectivity index (χ2n) is 12.4. The molecule has 10 rings (SSSR count). The van der Waals surface area contributed by atoms with Crippen LogP contribution in [0.3, 0.4) is 0 Å². The Balaban J connectivity index is 1.27. The van der Waals surface area contributed by atoms with E-state index in [1.165, 1.54) is 65.3 Å². The number of nitrogens with zero attached hydrogens (tertiary/aromatic N) is 3. The molecule has 10 aromatic rings. The van der Waals surface area contributed by atoms with E-state index in [0.717, 1.165) is 33.3 Å². The highest BCUT2D eigenvalue weighted by Gasteiger charge is 2.18. The van der Waals surface area contributed by atoms with Gasteiger partial charge in [-0.15, -0.1) is 0 Å². The highest BCUT2D eigenvalue weighted by Crippen LogP contribution is 2.45. The van der Waals surface area contributed by atoms with Crippen molar-refractivity contribution in [2.45, 2.75) is 0 Å². The van der Waals surface area contributed by atoms with Crippen LogP contribution in [0.25, 0.3) is 98.6 Å². The molecule has 0 aliphatic heterocycles. The van der Waals surface area contributed by atoms with E-state index in [4.69, 9.17) is 4.98 Å². The molecule has 3 heterocycles. The smallest absolute Gasteiger partial charge is 0.0715 e. The lowest BCUT2D eigenvalue weighted by molar-refractivity contribution is 1.33. The summed E-state index contributed by atoms with van der Waals surface area (Å²) in [6.45, 7) is 0. The van der Waals surface area contributed by atoms with E-state index in [2.05, 4.69) is 149 Å². The summed E-state index contributed by atoms with van der Waals surface area (Å²) in [5.74, 6) is 0. The molecular weight excluding hydrogens is 583 g/mol. The van der Waals surface area contributed by atoms with Crippen molar-refractivity contribution in [2.24, 2.45) is 0 Å². The molecule has 0 aliphatic carbocycles. The zero-order valence-corrected chi connectivity index (χ0v) is 25.9. The third kappa shape index (κ3) is 4.11. The Labute approximate surface area is 277 Å². The van der Waals surface area contributed by atoms with Crippen LogP contribution in [0.4, 0.5) is 0 Å². The SMILES string of the molecule is c1ccc2c(-c3ccc4ccc5c(-c6cc(-c7ccncc7)cc(-c7ccncc7)c6)ccc6ccc3c4c65)c3ccccc3nc2c1. The van der Waals surface area contributed by atoms with Crippen molar-refractivity contribution in [3.63, 3.8) is 0 Å². The first-order chi connectivity index (χ1) is 23.8. The first kappa shape index (κ1) is 26.7. The van der Waals surface area contributed by atoms with Crippen LogP contribution in [-0.2, 0) is 0 Å². The molecule has 0 radical (unpaired) electrons. The van der Waals surface area contributed by atoms with Crippen molar-refractivity contribution in [2.75, 3.05) is 0 Å².